The van der Waals surface area contributed by atoms with Gasteiger partial charge in [0.1, 0.15) is 5.75 Å². The molecule has 0 atom stereocenters. The molecule has 1 aromatic carbocycles. The quantitative estimate of drug-likeness (QED) is 0.704. The van der Waals surface area contributed by atoms with Gasteiger partial charge in [-0.1, -0.05) is 36.9 Å². The number of aromatic hydroxyl groups is 1. The molecule has 0 aliphatic heterocycles. The Kier molecular flexibility index (Phi) is 2.70. The minimum absolute atomic E-state index is 0.278. The summed E-state index contributed by atoms with van der Waals surface area (Å²) in [5.74, 6) is 0.278. The third-order valence-corrected chi connectivity index (χ3v) is 1.67. The highest BCUT2D eigenvalue weighted by atomic mass is 16.3. The maximum atomic E-state index is 9.41. The molecule has 1 N–H and O–H groups in total. The Morgan fingerprint density at radius 2 is 2.17 bits per heavy atom. The van der Waals surface area contributed by atoms with Gasteiger partial charge in [0.25, 0.3) is 0 Å². The van der Waals surface area contributed by atoms with Gasteiger partial charge in [-0.25, -0.2) is 0 Å². The highest BCUT2D eigenvalue weighted by Gasteiger charge is 1.99. The van der Waals surface area contributed by atoms with E-state index in [2.05, 4.69) is 6.58 Å². The zero-order valence-corrected chi connectivity index (χ0v) is 7.12. The third-order valence-electron chi connectivity index (χ3n) is 1.67. The largest absolute Gasteiger partial charge is 0.507 e. The second-order valence-corrected chi connectivity index (χ2v) is 2.48. The van der Waals surface area contributed by atoms with Crippen LogP contribution in [-0.4, -0.2) is 5.11 Å². The maximum Gasteiger partial charge on any atom is 0.123 e. The average Bonchev–Trinajstić information content (AvgIpc) is 2.05. The zero-order chi connectivity index (χ0) is 8.97. The summed E-state index contributed by atoms with van der Waals surface area (Å²) in [4.78, 5) is 0. The van der Waals surface area contributed by atoms with E-state index in [4.69, 9.17) is 0 Å². The number of hydrogen-bond acceptors (Lipinski definition) is 1. The van der Waals surface area contributed by atoms with Crippen LogP contribution in [0.15, 0.2) is 30.9 Å². The third kappa shape index (κ3) is 1.56. The Balaban J connectivity index is 3.27. The van der Waals surface area contributed by atoms with E-state index < -0.39 is 0 Å². The number of allylic oxidation sites excluding steroid dienone is 1. The van der Waals surface area contributed by atoms with Crippen LogP contribution in [0.1, 0.15) is 18.1 Å². The standard InChI is InChI=1S/C11H12O/c1-3-6-9-7-5-8-11(12)10(9)4-2/h3-8,12H,2H2,1H3/b6-3-. The van der Waals surface area contributed by atoms with Gasteiger partial charge in [-0.05, 0) is 18.6 Å². The number of rotatable bonds is 2. The van der Waals surface area contributed by atoms with Crippen LogP contribution in [0.5, 0.6) is 5.75 Å². The smallest absolute Gasteiger partial charge is 0.123 e. The summed E-state index contributed by atoms with van der Waals surface area (Å²) in [5.41, 5.74) is 1.78. The van der Waals surface area contributed by atoms with Crippen LogP contribution in [0.4, 0.5) is 0 Å². The zero-order valence-electron chi connectivity index (χ0n) is 7.12. The first-order chi connectivity index (χ1) is 5.79. The first-order valence-electron chi connectivity index (χ1n) is 3.86. The van der Waals surface area contributed by atoms with Gasteiger partial charge in [0.15, 0.2) is 0 Å². The van der Waals surface area contributed by atoms with E-state index in [1.807, 2.05) is 31.2 Å². The molecule has 0 saturated heterocycles. The molecule has 0 heterocycles. The van der Waals surface area contributed by atoms with Crippen LogP contribution in [-0.2, 0) is 0 Å². The molecule has 1 heteroatoms. The van der Waals surface area contributed by atoms with Crippen molar-refractivity contribution >= 4 is 12.2 Å². The molecule has 0 bridgehead atoms. The summed E-state index contributed by atoms with van der Waals surface area (Å²) in [7, 11) is 0. The van der Waals surface area contributed by atoms with E-state index >= 15 is 0 Å². The molecule has 12 heavy (non-hydrogen) atoms. The Bertz CT molecular complexity index is 311. The summed E-state index contributed by atoms with van der Waals surface area (Å²) in [6.45, 7) is 5.58. The molecule has 0 aliphatic rings. The summed E-state index contributed by atoms with van der Waals surface area (Å²) in [6, 6.07) is 5.42. The molecule has 0 saturated carbocycles. The van der Waals surface area contributed by atoms with Crippen molar-refractivity contribution in [3.8, 4) is 5.75 Å². The first-order valence-corrected chi connectivity index (χ1v) is 3.86. The Morgan fingerprint density at radius 3 is 2.75 bits per heavy atom. The number of benzene rings is 1. The lowest BCUT2D eigenvalue weighted by molar-refractivity contribution is 0.474. The molecular weight excluding hydrogens is 148 g/mol. The van der Waals surface area contributed by atoms with Crippen LogP contribution in [0.25, 0.3) is 12.2 Å². The van der Waals surface area contributed by atoms with E-state index in [-0.39, 0.29) is 5.75 Å². The van der Waals surface area contributed by atoms with Gasteiger partial charge in [0.05, 0.1) is 0 Å². The van der Waals surface area contributed by atoms with Crippen molar-refractivity contribution < 1.29 is 5.11 Å². The number of phenolic OH excluding ortho intramolecular Hbond substituents is 1. The lowest BCUT2D eigenvalue weighted by Gasteiger charge is -2.02. The van der Waals surface area contributed by atoms with Crippen molar-refractivity contribution in [2.24, 2.45) is 0 Å². The van der Waals surface area contributed by atoms with E-state index in [0.29, 0.717) is 0 Å². The minimum atomic E-state index is 0.278. The fraction of sp³-hybridized carbons (Fsp3) is 0.0909. The predicted molar refractivity (Wildman–Crippen MR) is 52.9 cm³/mol. The van der Waals surface area contributed by atoms with Gasteiger partial charge in [0.2, 0.25) is 0 Å². The van der Waals surface area contributed by atoms with Gasteiger partial charge in [-0.3, -0.25) is 0 Å². The molecule has 0 aliphatic carbocycles. The van der Waals surface area contributed by atoms with Crippen molar-refractivity contribution in [3.63, 3.8) is 0 Å². The van der Waals surface area contributed by atoms with Crippen molar-refractivity contribution in [1.82, 2.24) is 0 Å². The molecular formula is C11H12O. The molecule has 0 aromatic heterocycles. The van der Waals surface area contributed by atoms with Crippen LogP contribution in [0.2, 0.25) is 0 Å². The van der Waals surface area contributed by atoms with E-state index in [0.717, 1.165) is 11.1 Å². The van der Waals surface area contributed by atoms with Crippen LogP contribution in [0, 0.1) is 0 Å². The first kappa shape index (κ1) is 8.60. The number of phenols is 1. The summed E-state index contributed by atoms with van der Waals surface area (Å²) < 4.78 is 0. The maximum absolute atomic E-state index is 9.41. The molecule has 1 aromatic rings. The fourth-order valence-corrected chi connectivity index (χ4v) is 1.12. The minimum Gasteiger partial charge on any atom is -0.507 e. The molecule has 0 spiro atoms. The Hall–Kier alpha value is -1.50. The molecule has 0 amide bonds. The Labute approximate surface area is 72.7 Å². The van der Waals surface area contributed by atoms with Gasteiger partial charge in [0, 0.05) is 5.56 Å². The van der Waals surface area contributed by atoms with Crippen LogP contribution < -0.4 is 0 Å². The van der Waals surface area contributed by atoms with Crippen molar-refractivity contribution in [3.05, 3.63) is 42.0 Å². The van der Waals surface area contributed by atoms with Crippen molar-refractivity contribution in [2.45, 2.75) is 6.92 Å². The van der Waals surface area contributed by atoms with Crippen LogP contribution in [0.3, 0.4) is 0 Å². The van der Waals surface area contributed by atoms with Gasteiger partial charge < -0.3 is 5.11 Å². The summed E-state index contributed by atoms with van der Waals surface area (Å²) in [5, 5.41) is 9.41. The molecule has 0 fully saturated rings. The molecule has 62 valence electrons. The fourth-order valence-electron chi connectivity index (χ4n) is 1.12. The SMILES string of the molecule is C=Cc1c(O)cccc1/C=C\C. The number of hydrogen-bond donors (Lipinski definition) is 1. The van der Waals surface area contributed by atoms with Crippen molar-refractivity contribution in [1.29, 1.82) is 0 Å². The molecule has 0 unspecified atom stereocenters. The van der Waals surface area contributed by atoms with E-state index in [1.54, 1.807) is 12.1 Å². The highest BCUT2D eigenvalue weighted by molar-refractivity contribution is 5.68. The van der Waals surface area contributed by atoms with E-state index in [9.17, 15) is 5.11 Å². The van der Waals surface area contributed by atoms with Gasteiger partial charge in [-0.15, -0.1) is 0 Å². The summed E-state index contributed by atoms with van der Waals surface area (Å²) in [6.07, 6.45) is 5.53. The normalized spacial score (nSPS) is 10.4. The lowest BCUT2D eigenvalue weighted by Crippen LogP contribution is -1.80. The second-order valence-electron chi connectivity index (χ2n) is 2.48. The van der Waals surface area contributed by atoms with Gasteiger partial charge >= 0.3 is 0 Å². The van der Waals surface area contributed by atoms with Crippen molar-refractivity contribution in [2.75, 3.05) is 0 Å². The predicted octanol–water partition coefficient (Wildman–Crippen LogP) is 3.07. The molecule has 0 radical (unpaired) electrons. The van der Waals surface area contributed by atoms with Crippen LogP contribution >= 0.6 is 0 Å². The monoisotopic (exact) mass is 160 g/mol. The average molecular weight is 160 g/mol. The van der Waals surface area contributed by atoms with E-state index in [1.165, 1.54) is 0 Å². The topological polar surface area (TPSA) is 20.2 Å². The van der Waals surface area contributed by atoms with Gasteiger partial charge in [-0.2, -0.15) is 0 Å². The molecule has 1 nitrogen and oxygen atoms in total. The Morgan fingerprint density at radius 1 is 1.42 bits per heavy atom. The summed E-state index contributed by atoms with van der Waals surface area (Å²) >= 11 is 0. The highest BCUT2D eigenvalue weighted by Crippen LogP contribution is 2.22. The lowest BCUT2D eigenvalue weighted by atomic mass is 10.1. The molecule has 1 rings (SSSR count). The second kappa shape index (κ2) is 3.77.